The molecule has 0 amide bonds. The van der Waals surface area contributed by atoms with Crippen molar-refractivity contribution in [3.63, 3.8) is 0 Å². The van der Waals surface area contributed by atoms with Crippen LogP contribution >= 0.6 is 23.1 Å². The molecule has 0 bridgehead atoms. The second kappa shape index (κ2) is 8.18. The number of thioether (sulfide) groups is 1. The molecule has 0 spiro atoms. The maximum absolute atomic E-state index is 6.04. The summed E-state index contributed by atoms with van der Waals surface area (Å²) in [7, 11) is 1.71. The summed E-state index contributed by atoms with van der Waals surface area (Å²) in [6.45, 7) is 4.31. The third-order valence-electron chi connectivity index (χ3n) is 3.95. The highest BCUT2D eigenvalue weighted by Gasteiger charge is 2.43. The van der Waals surface area contributed by atoms with Crippen LogP contribution in [0.15, 0.2) is 28.6 Å². The van der Waals surface area contributed by atoms with Crippen LogP contribution in [-0.4, -0.2) is 36.2 Å². The summed E-state index contributed by atoms with van der Waals surface area (Å²) in [4.78, 5) is 0. The molecule has 0 atom stereocenters. The predicted octanol–water partition coefficient (Wildman–Crippen LogP) is 4.07. The van der Waals surface area contributed by atoms with Crippen molar-refractivity contribution in [2.75, 3.05) is 31.3 Å². The van der Waals surface area contributed by atoms with Gasteiger partial charge in [0.2, 0.25) is 5.13 Å². The molecule has 24 heavy (non-hydrogen) atoms. The molecule has 1 fully saturated rings. The molecular weight excluding hydrogens is 342 g/mol. The van der Waals surface area contributed by atoms with Crippen LogP contribution in [0.4, 0.5) is 5.13 Å². The molecule has 7 heteroatoms. The second-order valence-corrected chi connectivity index (χ2v) is 8.26. The molecule has 3 rings (SSSR count). The van der Waals surface area contributed by atoms with Gasteiger partial charge in [-0.2, -0.15) is 0 Å². The van der Waals surface area contributed by atoms with E-state index in [1.54, 1.807) is 30.2 Å². The van der Waals surface area contributed by atoms with Gasteiger partial charge >= 0.3 is 0 Å². The summed E-state index contributed by atoms with van der Waals surface area (Å²) in [6.07, 6.45) is 2.44. The van der Waals surface area contributed by atoms with Crippen LogP contribution in [0, 0.1) is 5.41 Å². The molecule has 1 aromatic carbocycles. The SMILES string of the molecule is CCNc1nnc(SCC2(COc3cccc(COC)c3)CC2)s1. The highest BCUT2D eigenvalue weighted by Crippen LogP contribution is 2.49. The topological polar surface area (TPSA) is 56.3 Å². The summed E-state index contributed by atoms with van der Waals surface area (Å²) in [5.74, 6) is 1.96. The van der Waals surface area contributed by atoms with E-state index in [2.05, 4.69) is 34.6 Å². The monoisotopic (exact) mass is 365 g/mol. The number of nitrogens with one attached hydrogen (secondary N) is 1. The second-order valence-electron chi connectivity index (χ2n) is 6.06. The largest absolute Gasteiger partial charge is 0.493 e. The van der Waals surface area contributed by atoms with Gasteiger partial charge in [-0.25, -0.2) is 0 Å². The van der Waals surface area contributed by atoms with Gasteiger partial charge in [-0.15, -0.1) is 10.2 Å². The highest BCUT2D eigenvalue weighted by molar-refractivity contribution is 8.01. The molecule has 1 saturated carbocycles. The molecule has 1 aliphatic carbocycles. The molecule has 1 aliphatic rings. The van der Waals surface area contributed by atoms with Gasteiger partial charge in [-0.1, -0.05) is 35.2 Å². The van der Waals surface area contributed by atoms with Crippen molar-refractivity contribution in [1.29, 1.82) is 0 Å². The number of nitrogens with zero attached hydrogens (tertiary/aromatic N) is 2. The van der Waals surface area contributed by atoms with Crippen molar-refractivity contribution >= 4 is 28.2 Å². The van der Waals surface area contributed by atoms with E-state index in [-0.39, 0.29) is 5.41 Å². The van der Waals surface area contributed by atoms with E-state index in [0.717, 1.165) is 39.7 Å². The van der Waals surface area contributed by atoms with E-state index in [4.69, 9.17) is 9.47 Å². The van der Waals surface area contributed by atoms with Gasteiger partial charge in [-0.3, -0.25) is 0 Å². The molecule has 0 radical (unpaired) electrons. The van der Waals surface area contributed by atoms with Gasteiger partial charge in [0.25, 0.3) is 0 Å². The van der Waals surface area contributed by atoms with E-state index < -0.39 is 0 Å². The number of hydrogen-bond acceptors (Lipinski definition) is 7. The first-order valence-corrected chi connectivity index (χ1v) is 9.94. The van der Waals surface area contributed by atoms with Gasteiger partial charge in [-0.05, 0) is 37.5 Å². The zero-order chi connectivity index (χ0) is 16.8. The Morgan fingerprint density at radius 2 is 2.21 bits per heavy atom. The Morgan fingerprint density at radius 1 is 1.33 bits per heavy atom. The fraction of sp³-hybridized carbons (Fsp3) is 0.529. The maximum atomic E-state index is 6.04. The zero-order valence-electron chi connectivity index (χ0n) is 14.1. The van der Waals surface area contributed by atoms with Crippen molar-refractivity contribution in [1.82, 2.24) is 10.2 Å². The predicted molar refractivity (Wildman–Crippen MR) is 99.1 cm³/mol. The van der Waals surface area contributed by atoms with Crippen molar-refractivity contribution in [2.24, 2.45) is 5.41 Å². The minimum Gasteiger partial charge on any atom is -0.493 e. The minimum absolute atomic E-state index is 0.284. The Balaban J connectivity index is 1.48. The van der Waals surface area contributed by atoms with Gasteiger partial charge in [0.1, 0.15) is 5.75 Å². The quantitative estimate of drug-likeness (QED) is 0.641. The Morgan fingerprint density at radius 3 is 2.96 bits per heavy atom. The van der Waals surface area contributed by atoms with E-state index in [1.165, 1.54) is 12.8 Å². The van der Waals surface area contributed by atoms with Gasteiger partial charge in [0.05, 0.1) is 13.2 Å². The lowest BCUT2D eigenvalue weighted by atomic mass is 10.1. The molecule has 0 saturated heterocycles. The highest BCUT2D eigenvalue weighted by atomic mass is 32.2. The number of anilines is 1. The molecule has 1 N–H and O–H groups in total. The van der Waals surface area contributed by atoms with Crippen LogP contribution in [0.2, 0.25) is 0 Å². The average molecular weight is 366 g/mol. The summed E-state index contributed by atoms with van der Waals surface area (Å²) >= 11 is 3.41. The molecule has 1 aromatic heterocycles. The van der Waals surface area contributed by atoms with Gasteiger partial charge in [0, 0.05) is 24.8 Å². The number of hydrogen-bond donors (Lipinski definition) is 1. The van der Waals surface area contributed by atoms with E-state index in [9.17, 15) is 0 Å². The number of aromatic nitrogens is 2. The molecular formula is C17H23N3O2S2. The summed E-state index contributed by atoms with van der Waals surface area (Å²) in [6, 6.07) is 8.13. The van der Waals surface area contributed by atoms with E-state index >= 15 is 0 Å². The van der Waals surface area contributed by atoms with Crippen LogP contribution < -0.4 is 10.1 Å². The third-order valence-corrected chi connectivity index (χ3v) is 6.31. The smallest absolute Gasteiger partial charge is 0.206 e. The number of ether oxygens (including phenoxy) is 2. The van der Waals surface area contributed by atoms with Crippen LogP contribution in [0.5, 0.6) is 5.75 Å². The first-order valence-electron chi connectivity index (χ1n) is 8.14. The number of methoxy groups -OCH3 is 1. The molecule has 130 valence electrons. The lowest BCUT2D eigenvalue weighted by molar-refractivity contribution is 0.184. The van der Waals surface area contributed by atoms with Crippen LogP contribution in [-0.2, 0) is 11.3 Å². The normalized spacial score (nSPS) is 15.2. The third kappa shape index (κ3) is 4.84. The average Bonchev–Trinajstić information content (AvgIpc) is 3.23. The van der Waals surface area contributed by atoms with Crippen molar-refractivity contribution in [3.05, 3.63) is 29.8 Å². The molecule has 1 heterocycles. The fourth-order valence-electron chi connectivity index (χ4n) is 2.34. The first kappa shape index (κ1) is 17.5. The summed E-state index contributed by atoms with van der Waals surface area (Å²) in [5, 5.41) is 12.5. The fourth-order valence-corrected chi connectivity index (χ4v) is 4.44. The van der Waals surface area contributed by atoms with Crippen molar-refractivity contribution in [3.8, 4) is 5.75 Å². The first-order chi connectivity index (χ1) is 11.7. The lowest BCUT2D eigenvalue weighted by Crippen LogP contribution is -2.15. The minimum atomic E-state index is 0.284. The van der Waals surface area contributed by atoms with Crippen LogP contribution in [0.1, 0.15) is 25.3 Å². The molecule has 2 aromatic rings. The zero-order valence-corrected chi connectivity index (χ0v) is 15.7. The Kier molecular flexibility index (Phi) is 5.97. The standard InChI is InChI=1S/C17H23N3O2S2/c1-3-18-15-19-20-16(24-15)23-12-17(7-8-17)11-22-14-6-4-5-13(9-14)10-21-2/h4-6,9H,3,7-8,10-12H2,1-2H3,(H,18,19). The Bertz CT molecular complexity index is 659. The van der Waals surface area contributed by atoms with E-state index in [0.29, 0.717) is 6.61 Å². The van der Waals surface area contributed by atoms with E-state index in [1.807, 2.05) is 12.1 Å². The maximum Gasteiger partial charge on any atom is 0.206 e. The van der Waals surface area contributed by atoms with Crippen LogP contribution in [0.25, 0.3) is 0 Å². The molecule has 0 unspecified atom stereocenters. The van der Waals surface area contributed by atoms with Crippen molar-refractivity contribution in [2.45, 2.75) is 30.7 Å². The van der Waals surface area contributed by atoms with Gasteiger partial charge in [0.15, 0.2) is 4.34 Å². The Labute approximate surface area is 151 Å². The number of benzene rings is 1. The number of rotatable bonds is 10. The summed E-state index contributed by atoms with van der Waals surface area (Å²) < 4.78 is 12.2. The molecule has 0 aliphatic heterocycles. The lowest BCUT2D eigenvalue weighted by Gasteiger charge is -2.15. The molecule has 5 nitrogen and oxygen atoms in total. The summed E-state index contributed by atoms with van der Waals surface area (Å²) in [5.41, 5.74) is 1.42. The Hall–Kier alpha value is -1.31. The van der Waals surface area contributed by atoms with Crippen molar-refractivity contribution < 1.29 is 9.47 Å². The van der Waals surface area contributed by atoms with Gasteiger partial charge < -0.3 is 14.8 Å². The van der Waals surface area contributed by atoms with Crippen LogP contribution in [0.3, 0.4) is 0 Å².